The third-order valence-corrected chi connectivity index (χ3v) is 2.85. The predicted octanol–water partition coefficient (Wildman–Crippen LogP) is 3.26. The summed E-state index contributed by atoms with van der Waals surface area (Å²) < 4.78 is 0. The molecule has 1 rings (SSSR count). The Labute approximate surface area is 115 Å². The fraction of sp³-hybridized carbons (Fsp3) is 0.438. The Morgan fingerprint density at radius 1 is 1.42 bits per heavy atom. The molecule has 0 heterocycles. The molecule has 3 heteroatoms. The van der Waals surface area contributed by atoms with Crippen molar-refractivity contribution in [3.63, 3.8) is 0 Å². The lowest BCUT2D eigenvalue weighted by Crippen LogP contribution is -2.27. The van der Waals surface area contributed by atoms with Gasteiger partial charge in [0.15, 0.2) is 0 Å². The molecule has 0 spiro atoms. The van der Waals surface area contributed by atoms with Gasteiger partial charge in [-0.1, -0.05) is 45.0 Å². The number of nitrogens with zero attached hydrogens (tertiary/aromatic N) is 1. The van der Waals surface area contributed by atoms with Crippen molar-refractivity contribution < 1.29 is 9.90 Å². The number of hydrogen-bond acceptors (Lipinski definition) is 2. The van der Waals surface area contributed by atoms with E-state index in [1.165, 1.54) is 11.6 Å². The van der Waals surface area contributed by atoms with Crippen LogP contribution in [0.5, 0.6) is 0 Å². The van der Waals surface area contributed by atoms with Gasteiger partial charge in [0, 0.05) is 19.2 Å². The van der Waals surface area contributed by atoms with Gasteiger partial charge in [-0.05, 0) is 29.7 Å². The fourth-order valence-corrected chi connectivity index (χ4v) is 2.04. The minimum absolute atomic E-state index is 0.648. The summed E-state index contributed by atoms with van der Waals surface area (Å²) in [7, 11) is 0. The first-order valence-electron chi connectivity index (χ1n) is 6.73. The van der Waals surface area contributed by atoms with E-state index in [0.717, 1.165) is 25.2 Å². The Kier molecular flexibility index (Phi) is 6.30. The van der Waals surface area contributed by atoms with Crippen molar-refractivity contribution in [3.05, 3.63) is 41.5 Å². The van der Waals surface area contributed by atoms with Crippen LogP contribution in [0.15, 0.2) is 30.3 Å². The Morgan fingerprint density at radius 2 is 2.16 bits per heavy atom. The van der Waals surface area contributed by atoms with Crippen molar-refractivity contribution in [2.45, 2.75) is 27.3 Å². The number of aliphatic carboxylic acids is 1. The summed E-state index contributed by atoms with van der Waals surface area (Å²) in [5.74, 6) is -0.268. The maximum Gasteiger partial charge on any atom is 0.328 e. The van der Waals surface area contributed by atoms with E-state index in [0.29, 0.717) is 5.92 Å². The van der Waals surface area contributed by atoms with Crippen LogP contribution in [-0.2, 0) is 11.3 Å². The largest absolute Gasteiger partial charge is 0.478 e. The van der Waals surface area contributed by atoms with Crippen molar-refractivity contribution in [3.8, 4) is 0 Å². The van der Waals surface area contributed by atoms with E-state index in [4.69, 9.17) is 5.11 Å². The van der Waals surface area contributed by atoms with Gasteiger partial charge >= 0.3 is 5.97 Å². The number of carbonyl (C=O) groups is 1. The van der Waals surface area contributed by atoms with E-state index in [1.54, 1.807) is 6.08 Å². The molecule has 0 amide bonds. The van der Waals surface area contributed by atoms with Crippen LogP contribution in [0.4, 0.5) is 0 Å². The third-order valence-electron chi connectivity index (χ3n) is 2.85. The van der Waals surface area contributed by atoms with Gasteiger partial charge in [0.05, 0.1) is 0 Å². The van der Waals surface area contributed by atoms with Crippen molar-refractivity contribution in [1.29, 1.82) is 0 Å². The van der Waals surface area contributed by atoms with Crippen LogP contribution < -0.4 is 0 Å². The van der Waals surface area contributed by atoms with E-state index >= 15 is 0 Å². The number of carboxylic acids is 1. The molecule has 0 aliphatic heterocycles. The monoisotopic (exact) mass is 261 g/mol. The normalized spacial score (nSPS) is 11.6. The first-order chi connectivity index (χ1) is 9.01. The molecule has 1 N–H and O–H groups in total. The molecule has 0 saturated carbocycles. The Hall–Kier alpha value is -1.61. The van der Waals surface area contributed by atoms with E-state index in [9.17, 15) is 4.79 Å². The van der Waals surface area contributed by atoms with Crippen LogP contribution in [0.25, 0.3) is 6.08 Å². The Bertz CT molecular complexity index is 438. The summed E-state index contributed by atoms with van der Waals surface area (Å²) in [6, 6.07) is 8.02. The van der Waals surface area contributed by atoms with E-state index in [-0.39, 0.29) is 0 Å². The van der Waals surface area contributed by atoms with Gasteiger partial charge in [-0.3, -0.25) is 4.90 Å². The third kappa shape index (κ3) is 6.20. The van der Waals surface area contributed by atoms with Crippen molar-refractivity contribution in [2.24, 2.45) is 5.92 Å². The maximum atomic E-state index is 10.5. The average molecular weight is 261 g/mol. The summed E-state index contributed by atoms with van der Waals surface area (Å²) >= 11 is 0. The molecule has 0 aromatic heterocycles. The number of rotatable bonds is 7. The van der Waals surface area contributed by atoms with Gasteiger partial charge < -0.3 is 5.11 Å². The first-order valence-corrected chi connectivity index (χ1v) is 6.73. The van der Waals surface area contributed by atoms with Gasteiger partial charge in [-0.25, -0.2) is 4.79 Å². The lowest BCUT2D eigenvalue weighted by Gasteiger charge is -2.22. The summed E-state index contributed by atoms with van der Waals surface area (Å²) in [5.41, 5.74) is 2.15. The van der Waals surface area contributed by atoms with Gasteiger partial charge in [-0.2, -0.15) is 0 Å². The summed E-state index contributed by atoms with van der Waals surface area (Å²) in [6.07, 6.45) is 2.80. The zero-order valence-corrected chi connectivity index (χ0v) is 12.0. The van der Waals surface area contributed by atoms with Gasteiger partial charge in [-0.15, -0.1) is 0 Å². The van der Waals surface area contributed by atoms with Crippen LogP contribution in [0.3, 0.4) is 0 Å². The SMILES string of the molecule is CCN(Cc1cccc(/C=C/C(=O)O)c1)CC(C)C. The Morgan fingerprint density at radius 3 is 2.74 bits per heavy atom. The number of benzene rings is 1. The molecule has 0 aliphatic rings. The lowest BCUT2D eigenvalue weighted by molar-refractivity contribution is -0.131. The molecule has 104 valence electrons. The number of carboxylic acid groups (broad SMARTS) is 1. The highest BCUT2D eigenvalue weighted by Gasteiger charge is 2.06. The topological polar surface area (TPSA) is 40.5 Å². The molecule has 0 unspecified atom stereocenters. The quantitative estimate of drug-likeness (QED) is 0.766. The van der Waals surface area contributed by atoms with E-state index in [1.807, 2.05) is 18.2 Å². The molecule has 0 saturated heterocycles. The molecule has 0 bridgehead atoms. The highest BCUT2D eigenvalue weighted by Crippen LogP contribution is 2.11. The van der Waals surface area contributed by atoms with Gasteiger partial charge in [0.2, 0.25) is 0 Å². The second-order valence-electron chi connectivity index (χ2n) is 5.14. The zero-order chi connectivity index (χ0) is 14.3. The zero-order valence-electron chi connectivity index (χ0n) is 12.0. The van der Waals surface area contributed by atoms with Crippen LogP contribution in [0.2, 0.25) is 0 Å². The van der Waals surface area contributed by atoms with Crippen LogP contribution in [-0.4, -0.2) is 29.1 Å². The van der Waals surface area contributed by atoms with E-state index < -0.39 is 5.97 Å². The molecule has 19 heavy (non-hydrogen) atoms. The molecular weight excluding hydrogens is 238 g/mol. The predicted molar refractivity (Wildman–Crippen MR) is 78.9 cm³/mol. The molecule has 0 aliphatic carbocycles. The molecule has 0 radical (unpaired) electrons. The summed E-state index contributed by atoms with van der Waals surface area (Å²) in [5, 5.41) is 8.63. The molecule has 1 aromatic rings. The average Bonchev–Trinajstić information content (AvgIpc) is 2.35. The second-order valence-corrected chi connectivity index (χ2v) is 5.14. The van der Waals surface area contributed by atoms with Crippen LogP contribution in [0, 0.1) is 5.92 Å². The molecular formula is C16H23NO2. The van der Waals surface area contributed by atoms with Crippen molar-refractivity contribution >= 4 is 12.0 Å². The minimum atomic E-state index is -0.916. The lowest BCUT2D eigenvalue weighted by atomic mass is 10.1. The van der Waals surface area contributed by atoms with E-state index in [2.05, 4.69) is 31.7 Å². The molecule has 1 aromatic carbocycles. The van der Waals surface area contributed by atoms with Crippen molar-refractivity contribution in [1.82, 2.24) is 4.90 Å². The van der Waals surface area contributed by atoms with Gasteiger partial charge in [0.1, 0.15) is 0 Å². The van der Waals surface area contributed by atoms with Crippen LogP contribution >= 0.6 is 0 Å². The molecule has 0 fully saturated rings. The first kappa shape index (κ1) is 15.4. The second kappa shape index (κ2) is 7.74. The minimum Gasteiger partial charge on any atom is -0.478 e. The summed E-state index contributed by atoms with van der Waals surface area (Å²) in [4.78, 5) is 12.9. The fourth-order valence-electron chi connectivity index (χ4n) is 2.04. The summed E-state index contributed by atoms with van der Waals surface area (Å²) in [6.45, 7) is 9.60. The molecule has 0 atom stereocenters. The Balaban J connectivity index is 2.72. The van der Waals surface area contributed by atoms with Crippen molar-refractivity contribution in [2.75, 3.05) is 13.1 Å². The standard InChI is InChI=1S/C16H23NO2/c1-4-17(11-13(2)3)12-15-7-5-6-14(10-15)8-9-16(18)19/h5-10,13H,4,11-12H2,1-3H3,(H,18,19)/b9-8+. The van der Waals surface area contributed by atoms with Gasteiger partial charge in [0.25, 0.3) is 0 Å². The number of hydrogen-bond donors (Lipinski definition) is 1. The highest BCUT2D eigenvalue weighted by molar-refractivity contribution is 5.85. The highest BCUT2D eigenvalue weighted by atomic mass is 16.4. The van der Waals surface area contributed by atoms with Crippen LogP contribution in [0.1, 0.15) is 31.9 Å². The molecule has 3 nitrogen and oxygen atoms in total. The maximum absolute atomic E-state index is 10.5. The smallest absolute Gasteiger partial charge is 0.328 e.